The Morgan fingerprint density at radius 3 is 1.10 bits per heavy atom. The zero-order chi connectivity index (χ0) is 49.7. The summed E-state index contributed by atoms with van der Waals surface area (Å²) in [7, 11) is 7.78. The van der Waals surface area contributed by atoms with Crippen molar-refractivity contribution in [2.45, 2.75) is 51.3 Å². The largest absolute Gasteiger partial charge is 0.444 e. The van der Waals surface area contributed by atoms with E-state index in [4.69, 9.17) is 9.57 Å². The second-order valence-electron chi connectivity index (χ2n) is 19.6. The lowest BCUT2D eigenvalue weighted by Gasteiger charge is -2.40. The van der Waals surface area contributed by atoms with Gasteiger partial charge >= 0.3 is 12.2 Å². The lowest BCUT2D eigenvalue weighted by atomic mass is 9.94. The molecule has 0 unspecified atom stereocenters. The molecule has 0 bridgehead atoms. The number of nitrogens with zero attached hydrogens (tertiary/aromatic N) is 13. The number of hydrogen-bond acceptors (Lipinski definition) is 12. The number of rotatable bonds is 7. The van der Waals surface area contributed by atoms with Crippen LogP contribution in [0, 0.1) is 0 Å². The molecule has 3 saturated heterocycles. The van der Waals surface area contributed by atoms with E-state index in [2.05, 4.69) is 103 Å². The zero-order valence-electron chi connectivity index (χ0n) is 41.2. The Balaban J connectivity index is 0.000000165. The number of ether oxygens (including phenoxy) is 1. The molecule has 0 saturated carbocycles. The first-order valence-corrected chi connectivity index (χ1v) is 24.0. The summed E-state index contributed by atoms with van der Waals surface area (Å²) in [6.07, 6.45) is 6.81. The highest BCUT2D eigenvalue weighted by molar-refractivity contribution is 6.01. The van der Waals surface area contributed by atoms with Crippen LogP contribution in [0.15, 0.2) is 97.6 Å². The van der Waals surface area contributed by atoms with Crippen LogP contribution in [0.4, 0.5) is 9.59 Å². The van der Waals surface area contributed by atoms with E-state index in [0.717, 1.165) is 67.8 Å². The molecule has 71 heavy (non-hydrogen) atoms. The summed E-state index contributed by atoms with van der Waals surface area (Å²) in [6.45, 7) is 10.5. The Kier molecular flexibility index (Phi) is 12.5. The molecular formula is C52H59N13O6. The summed E-state index contributed by atoms with van der Waals surface area (Å²) in [5.74, 6) is -0.956. The molecule has 368 valence electrons. The number of benzene rings is 4. The van der Waals surface area contributed by atoms with Crippen LogP contribution in [-0.4, -0.2) is 146 Å². The van der Waals surface area contributed by atoms with Gasteiger partial charge in [-0.1, -0.05) is 24.3 Å². The van der Waals surface area contributed by atoms with Gasteiger partial charge in [0.25, 0.3) is 11.8 Å². The molecule has 8 aromatic rings. The van der Waals surface area contributed by atoms with Gasteiger partial charge in [-0.25, -0.2) is 9.59 Å². The standard InChI is InChI=1S/C26H27N7O4.C26H32N6O2/c1-29-21-5-3-17(13-19(21)15-27-29)25(18-4-6-22-20(14-18)16-28-30(22)2)31-9-11-32(12-10-31)26(36)37-33-23(34)7-8-24(33)35;1-26(2,3)34-25(33)32-12-10-31(11-13-32)24(18-6-8-22-20(14-18)16-27-29(22)4)19-7-9-23-21(15-19)17-28-30(23)5/h3-6,13-16,25H,7-12H2,1-2H3;6-9,14-17,24H,10-13H2,1-5H3. The van der Waals surface area contributed by atoms with Gasteiger partial charge in [0.2, 0.25) is 0 Å². The average Bonchev–Trinajstić information content (AvgIpc) is 4.19. The minimum atomic E-state index is -0.673. The van der Waals surface area contributed by atoms with E-state index in [0.29, 0.717) is 44.3 Å². The van der Waals surface area contributed by atoms with Crippen molar-refractivity contribution in [1.29, 1.82) is 0 Å². The van der Waals surface area contributed by atoms with Crippen LogP contribution >= 0.6 is 0 Å². The van der Waals surface area contributed by atoms with E-state index in [9.17, 15) is 19.2 Å². The molecule has 4 aromatic heterocycles. The predicted octanol–water partition coefficient (Wildman–Crippen LogP) is 6.47. The van der Waals surface area contributed by atoms with Crippen molar-refractivity contribution in [3.8, 4) is 0 Å². The fourth-order valence-corrected chi connectivity index (χ4v) is 10.1. The Hall–Kier alpha value is -7.64. The van der Waals surface area contributed by atoms with Crippen molar-refractivity contribution in [1.82, 2.24) is 63.8 Å². The van der Waals surface area contributed by atoms with Crippen molar-refractivity contribution in [2.75, 3.05) is 52.4 Å². The van der Waals surface area contributed by atoms with Crippen molar-refractivity contribution in [2.24, 2.45) is 28.2 Å². The maximum atomic E-state index is 12.7. The molecule has 11 rings (SSSR count). The summed E-state index contributed by atoms with van der Waals surface area (Å²) in [6, 6.07) is 26.0. The average molecular weight is 962 g/mol. The quantitative estimate of drug-likeness (QED) is 0.160. The fraction of sp³-hybridized carbons (Fsp3) is 0.385. The number of piperazine rings is 2. The van der Waals surface area contributed by atoms with Gasteiger partial charge in [-0.05, 0) is 91.6 Å². The van der Waals surface area contributed by atoms with Gasteiger partial charge in [0.15, 0.2) is 0 Å². The number of carbonyl (C=O) groups is 4. The maximum Gasteiger partial charge on any atom is 0.434 e. The molecule has 0 atom stereocenters. The minimum Gasteiger partial charge on any atom is -0.444 e. The first kappa shape index (κ1) is 47.1. The van der Waals surface area contributed by atoms with E-state index >= 15 is 0 Å². The molecule has 4 amide bonds. The summed E-state index contributed by atoms with van der Waals surface area (Å²) in [5, 5.41) is 22.6. The first-order chi connectivity index (χ1) is 34.1. The second-order valence-corrected chi connectivity index (χ2v) is 19.6. The highest BCUT2D eigenvalue weighted by Crippen LogP contribution is 2.35. The maximum absolute atomic E-state index is 12.7. The van der Waals surface area contributed by atoms with Crippen LogP contribution < -0.4 is 0 Å². The molecule has 3 aliphatic rings. The lowest BCUT2D eigenvalue weighted by Crippen LogP contribution is -2.51. The van der Waals surface area contributed by atoms with Crippen LogP contribution in [0.2, 0.25) is 0 Å². The van der Waals surface area contributed by atoms with E-state index in [1.165, 1.54) is 11.1 Å². The van der Waals surface area contributed by atoms with Crippen molar-refractivity contribution in [3.63, 3.8) is 0 Å². The van der Waals surface area contributed by atoms with Crippen LogP contribution in [0.3, 0.4) is 0 Å². The van der Waals surface area contributed by atoms with E-state index in [-0.39, 0.29) is 31.0 Å². The van der Waals surface area contributed by atoms with E-state index in [1.54, 1.807) is 4.90 Å². The monoisotopic (exact) mass is 961 g/mol. The first-order valence-electron chi connectivity index (χ1n) is 24.0. The van der Waals surface area contributed by atoms with E-state index in [1.807, 2.05) is 97.4 Å². The predicted molar refractivity (Wildman–Crippen MR) is 267 cm³/mol. The molecule has 3 aliphatic heterocycles. The second kappa shape index (κ2) is 18.9. The fourth-order valence-electron chi connectivity index (χ4n) is 10.1. The van der Waals surface area contributed by atoms with Crippen LogP contribution in [0.5, 0.6) is 0 Å². The third kappa shape index (κ3) is 9.54. The zero-order valence-corrected chi connectivity index (χ0v) is 41.2. The minimum absolute atomic E-state index is 0.0471. The normalized spacial score (nSPS) is 16.3. The molecule has 19 heteroatoms. The lowest BCUT2D eigenvalue weighted by molar-refractivity contribution is -0.174. The van der Waals surface area contributed by atoms with Crippen molar-refractivity contribution >= 4 is 67.6 Å². The molecule has 0 radical (unpaired) electrons. The highest BCUT2D eigenvalue weighted by Gasteiger charge is 2.36. The van der Waals surface area contributed by atoms with Gasteiger partial charge in [0.05, 0.1) is 58.9 Å². The summed E-state index contributed by atoms with van der Waals surface area (Å²) in [5.41, 5.74) is 8.55. The van der Waals surface area contributed by atoms with Crippen molar-refractivity contribution < 1.29 is 28.8 Å². The Morgan fingerprint density at radius 2 is 0.789 bits per heavy atom. The van der Waals surface area contributed by atoms with Gasteiger partial charge < -0.3 is 19.4 Å². The molecule has 7 heterocycles. The number of hydroxylamine groups is 2. The summed E-state index contributed by atoms with van der Waals surface area (Å²) in [4.78, 5) is 62.2. The summed E-state index contributed by atoms with van der Waals surface area (Å²) >= 11 is 0. The van der Waals surface area contributed by atoms with Gasteiger partial charge in [0.1, 0.15) is 5.60 Å². The molecule has 4 aromatic carbocycles. The third-order valence-corrected chi connectivity index (χ3v) is 13.8. The van der Waals surface area contributed by atoms with Crippen molar-refractivity contribution in [3.05, 3.63) is 120 Å². The topological polar surface area (TPSA) is 174 Å². The van der Waals surface area contributed by atoms with Gasteiger partial charge in [-0.2, -0.15) is 20.4 Å². The highest BCUT2D eigenvalue weighted by atomic mass is 16.7. The molecule has 19 nitrogen and oxygen atoms in total. The smallest absolute Gasteiger partial charge is 0.434 e. The number of fused-ring (bicyclic) bond motifs is 4. The van der Waals surface area contributed by atoms with Gasteiger partial charge in [-0.3, -0.25) is 38.1 Å². The number of aromatic nitrogens is 8. The SMILES string of the molecule is Cn1ncc2cc(C(c3ccc4c(cnn4C)c3)N3CCN(C(=O)OC(C)(C)C)CC3)ccc21.Cn1ncc2cc(C(c3ccc4c(cnn4C)c3)N3CCN(C(=O)ON4C(=O)CCC4=O)CC3)ccc21. The number of amides is 4. The van der Waals surface area contributed by atoms with Crippen LogP contribution in [-0.2, 0) is 47.4 Å². The Bertz CT molecular complexity index is 3130. The Morgan fingerprint density at radius 1 is 0.479 bits per heavy atom. The molecule has 3 fully saturated rings. The van der Waals surface area contributed by atoms with Gasteiger partial charge in [0, 0.05) is 115 Å². The number of carbonyl (C=O) groups excluding carboxylic acids is 4. The molecular weight excluding hydrogens is 903 g/mol. The molecule has 0 spiro atoms. The number of hydrogen-bond donors (Lipinski definition) is 0. The summed E-state index contributed by atoms with van der Waals surface area (Å²) < 4.78 is 13.1. The molecule has 0 N–H and O–H groups in total. The van der Waals surface area contributed by atoms with E-state index < -0.39 is 23.5 Å². The van der Waals surface area contributed by atoms with Crippen LogP contribution in [0.25, 0.3) is 43.6 Å². The molecule has 0 aliphatic carbocycles. The van der Waals surface area contributed by atoms with Crippen LogP contribution in [0.1, 0.15) is 68.0 Å². The van der Waals surface area contributed by atoms with Gasteiger partial charge in [-0.15, -0.1) is 5.06 Å². The number of imide groups is 1. The Labute approximate surface area is 410 Å². The number of aryl methyl sites for hydroxylation is 4. The third-order valence-electron chi connectivity index (χ3n) is 13.8.